The second-order valence-electron chi connectivity index (χ2n) is 3.99. The molecule has 0 fully saturated rings. The van der Waals surface area contributed by atoms with Crippen LogP contribution in [0.25, 0.3) is 0 Å². The summed E-state index contributed by atoms with van der Waals surface area (Å²) in [5.74, 6) is 0.232. The molecule has 0 saturated heterocycles. The summed E-state index contributed by atoms with van der Waals surface area (Å²) in [5.41, 5.74) is 6.35. The maximum atomic E-state index is 11.7. The molecule has 0 aliphatic heterocycles. The number of hydrogen-bond donors (Lipinski definition) is 1. The highest BCUT2D eigenvalue weighted by Crippen LogP contribution is 2.14. The minimum Gasteiger partial charge on any atom is -0.328 e. The van der Waals surface area contributed by atoms with Crippen LogP contribution in [0.5, 0.6) is 0 Å². The molecule has 3 nitrogen and oxygen atoms in total. The van der Waals surface area contributed by atoms with Crippen LogP contribution in [-0.4, -0.2) is 20.2 Å². The molecule has 0 spiro atoms. The minimum atomic E-state index is -3.05. The van der Waals surface area contributed by atoms with E-state index in [2.05, 4.69) is 15.9 Å². The number of hydrogen-bond acceptors (Lipinski definition) is 3. The molecule has 1 aromatic carbocycles. The van der Waals surface area contributed by atoms with E-state index < -0.39 is 9.84 Å². The molecule has 90 valence electrons. The highest BCUT2D eigenvalue weighted by molar-refractivity contribution is 9.10. The Morgan fingerprint density at radius 3 is 2.69 bits per heavy atom. The van der Waals surface area contributed by atoms with Crippen molar-refractivity contribution in [3.8, 4) is 0 Å². The minimum absolute atomic E-state index is 0.0720. The molecule has 0 bridgehead atoms. The van der Waals surface area contributed by atoms with Crippen molar-refractivity contribution in [3.05, 3.63) is 34.3 Å². The van der Waals surface area contributed by atoms with Gasteiger partial charge in [0, 0.05) is 10.5 Å². The third-order valence-electron chi connectivity index (χ3n) is 2.16. The molecule has 5 heteroatoms. The molecular weight excluding hydrogens is 290 g/mol. The lowest BCUT2D eigenvalue weighted by Gasteiger charge is -2.07. The van der Waals surface area contributed by atoms with Gasteiger partial charge in [0.25, 0.3) is 0 Å². The van der Waals surface area contributed by atoms with Crippen LogP contribution in [0.3, 0.4) is 0 Å². The molecule has 1 rings (SSSR count). The molecule has 1 atom stereocenters. The summed E-state index contributed by atoms with van der Waals surface area (Å²) in [6.45, 7) is 1.81. The molecule has 0 radical (unpaired) electrons. The van der Waals surface area contributed by atoms with Gasteiger partial charge in [-0.1, -0.05) is 28.1 Å². The fraction of sp³-hybridized carbons (Fsp3) is 0.455. The third kappa shape index (κ3) is 5.09. The molecule has 0 aliphatic carbocycles. The second-order valence-corrected chi connectivity index (χ2v) is 7.09. The molecule has 1 unspecified atom stereocenters. The van der Waals surface area contributed by atoms with Crippen LogP contribution < -0.4 is 5.73 Å². The topological polar surface area (TPSA) is 60.2 Å². The Bertz CT molecular complexity index is 443. The van der Waals surface area contributed by atoms with Gasteiger partial charge in [0.15, 0.2) is 9.84 Å². The fourth-order valence-corrected chi connectivity index (χ4v) is 3.33. The first-order valence-electron chi connectivity index (χ1n) is 5.09. The first-order chi connectivity index (χ1) is 7.39. The summed E-state index contributed by atoms with van der Waals surface area (Å²) in [6.07, 6.45) is 0.510. The van der Waals surface area contributed by atoms with Crippen LogP contribution >= 0.6 is 15.9 Å². The number of rotatable bonds is 5. The first kappa shape index (κ1) is 13.7. The van der Waals surface area contributed by atoms with Crippen LogP contribution in [0.1, 0.15) is 18.9 Å². The smallest absolute Gasteiger partial charge is 0.154 e. The van der Waals surface area contributed by atoms with Crippen LogP contribution in [0.2, 0.25) is 0 Å². The van der Waals surface area contributed by atoms with Crippen molar-refractivity contribution >= 4 is 25.8 Å². The molecule has 0 amide bonds. The lowest BCUT2D eigenvalue weighted by molar-refractivity contribution is 0.586. The predicted octanol–water partition coefficient (Wildman–Crippen LogP) is 2.10. The number of benzene rings is 1. The third-order valence-corrected chi connectivity index (χ3v) is 4.28. The Labute approximate surface area is 105 Å². The monoisotopic (exact) mass is 305 g/mol. The Morgan fingerprint density at radius 2 is 2.12 bits per heavy atom. The van der Waals surface area contributed by atoms with E-state index in [1.807, 2.05) is 31.2 Å². The van der Waals surface area contributed by atoms with Crippen LogP contribution in [-0.2, 0) is 15.6 Å². The van der Waals surface area contributed by atoms with E-state index in [1.165, 1.54) is 0 Å². The quantitative estimate of drug-likeness (QED) is 0.906. The Hall–Kier alpha value is -0.390. The summed E-state index contributed by atoms with van der Waals surface area (Å²) >= 11 is 3.32. The van der Waals surface area contributed by atoms with Gasteiger partial charge in [0.05, 0.1) is 11.5 Å². The van der Waals surface area contributed by atoms with Gasteiger partial charge in [-0.05, 0) is 31.0 Å². The van der Waals surface area contributed by atoms with E-state index in [4.69, 9.17) is 5.73 Å². The maximum Gasteiger partial charge on any atom is 0.154 e. The fourth-order valence-electron chi connectivity index (χ4n) is 1.32. The Kier molecular flexibility index (Phi) is 4.95. The summed E-state index contributed by atoms with van der Waals surface area (Å²) in [4.78, 5) is 0. The van der Waals surface area contributed by atoms with Gasteiger partial charge in [0.1, 0.15) is 0 Å². The predicted molar refractivity (Wildman–Crippen MR) is 69.9 cm³/mol. The van der Waals surface area contributed by atoms with Gasteiger partial charge in [-0.2, -0.15) is 0 Å². The molecule has 2 N–H and O–H groups in total. The first-order valence-corrected chi connectivity index (χ1v) is 7.71. The van der Waals surface area contributed by atoms with Crippen molar-refractivity contribution in [2.75, 3.05) is 5.75 Å². The van der Waals surface area contributed by atoms with Gasteiger partial charge in [-0.25, -0.2) is 8.42 Å². The Balaban J connectivity index is 2.66. The molecule has 1 aromatic rings. The Morgan fingerprint density at radius 1 is 1.44 bits per heavy atom. The average Bonchev–Trinajstić information content (AvgIpc) is 2.14. The van der Waals surface area contributed by atoms with Gasteiger partial charge < -0.3 is 5.73 Å². The lowest BCUT2D eigenvalue weighted by Crippen LogP contribution is -2.20. The van der Waals surface area contributed by atoms with Gasteiger partial charge in [0.2, 0.25) is 0 Å². The van der Waals surface area contributed by atoms with Crippen molar-refractivity contribution in [3.63, 3.8) is 0 Å². The summed E-state index contributed by atoms with van der Waals surface area (Å²) in [7, 11) is -3.05. The number of sulfone groups is 1. The number of nitrogens with two attached hydrogens (primary N) is 1. The summed E-state index contributed by atoms with van der Waals surface area (Å²) in [6, 6.07) is 7.27. The zero-order valence-electron chi connectivity index (χ0n) is 9.19. The molecule has 0 saturated carbocycles. The van der Waals surface area contributed by atoms with E-state index in [1.54, 1.807) is 0 Å². The zero-order chi connectivity index (χ0) is 12.2. The molecule has 0 aromatic heterocycles. The average molecular weight is 306 g/mol. The molecule has 0 aliphatic rings. The van der Waals surface area contributed by atoms with Crippen LogP contribution in [0.15, 0.2) is 28.7 Å². The van der Waals surface area contributed by atoms with Crippen LogP contribution in [0.4, 0.5) is 0 Å². The standard InChI is InChI=1S/C11H16BrNO2S/c1-9(13)5-6-16(14,15)8-10-3-2-4-11(12)7-10/h2-4,7,9H,5-6,8,13H2,1H3. The zero-order valence-corrected chi connectivity index (χ0v) is 11.6. The van der Waals surface area contributed by atoms with Crippen molar-refractivity contribution in [1.82, 2.24) is 0 Å². The second kappa shape index (κ2) is 5.80. The van der Waals surface area contributed by atoms with E-state index in [9.17, 15) is 8.42 Å². The molecule has 0 heterocycles. The highest BCUT2D eigenvalue weighted by Gasteiger charge is 2.12. The van der Waals surface area contributed by atoms with Crippen molar-refractivity contribution in [1.29, 1.82) is 0 Å². The van der Waals surface area contributed by atoms with E-state index in [0.717, 1.165) is 10.0 Å². The SMILES string of the molecule is CC(N)CCS(=O)(=O)Cc1cccc(Br)c1. The van der Waals surface area contributed by atoms with Crippen molar-refractivity contribution in [2.45, 2.75) is 25.1 Å². The normalized spacial score (nSPS) is 13.7. The summed E-state index contributed by atoms with van der Waals surface area (Å²) in [5, 5.41) is 0. The van der Waals surface area contributed by atoms with E-state index in [-0.39, 0.29) is 17.5 Å². The largest absolute Gasteiger partial charge is 0.328 e. The van der Waals surface area contributed by atoms with E-state index in [0.29, 0.717) is 6.42 Å². The lowest BCUT2D eigenvalue weighted by atomic mass is 10.2. The van der Waals surface area contributed by atoms with Gasteiger partial charge in [-0.3, -0.25) is 0 Å². The van der Waals surface area contributed by atoms with Crippen molar-refractivity contribution < 1.29 is 8.42 Å². The molecular formula is C11H16BrNO2S. The highest BCUT2D eigenvalue weighted by atomic mass is 79.9. The maximum absolute atomic E-state index is 11.7. The number of halogens is 1. The van der Waals surface area contributed by atoms with Crippen molar-refractivity contribution in [2.24, 2.45) is 5.73 Å². The van der Waals surface area contributed by atoms with Gasteiger partial charge >= 0.3 is 0 Å². The van der Waals surface area contributed by atoms with Crippen LogP contribution in [0, 0.1) is 0 Å². The van der Waals surface area contributed by atoms with E-state index >= 15 is 0 Å². The van der Waals surface area contributed by atoms with Gasteiger partial charge in [-0.15, -0.1) is 0 Å². The summed E-state index contributed by atoms with van der Waals surface area (Å²) < 4.78 is 24.4. The molecule has 16 heavy (non-hydrogen) atoms.